The first-order valence-corrected chi connectivity index (χ1v) is 13.2. The first-order chi connectivity index (χ1) is 15.5. The van der Waals surface area contributed by atoms with Crippen LogP contribution in [0.2, 0.25) is 0 Å². The van der Waals surface area contributed by atoms with Gasteiger partial charge >= 0.3 is 0 Å². The highest BCUT2D eigenvalue weighted by Crippen LogP contribution is 2.31. The van der Waals surface area contributed by atoms with Crippen LogP contribution in [0.5, 0.6) is 0 Å². The van der Waals surface area contributed by atoms with Crippen molar-refractivity contribution in [3.8, 4) is 0 Å². The van der Waals surface area contributed by atoms with Gasteiger partial charge in [0.25, 0.3) is 5.91 Å². The third-order valence-corrected chi connectivity index (χ3v) is 7.89. The summed E-state index contributed by atoms with van der Waals surface area (Å²) in [6.45, 7) is 5.00. The molecule has 2 N–H and O–H groups in total. The van der Waals surface area contributed by atoms with E-state index < -0.39 is 27.4 Å². The summed E-state index contributed by atoms with van der Waals surface area (Å²) in [5.74, 6) is -0.318. The lowest BCUT2D eigenvalue weighted by Crippen LogP contribution is -2.55. The molecule has 176 valence electrons. The molecule has 3 aromatic rings. The number of rotatable bonds is 9. The number of nitrogens with zero attached hydrogens (tertiary/aromatic N) is 3. The number of aryl methyl sites for hydroxylation is 1. The molecule has 0 aliphatic rings. The van der Waals surface area contributed by atoms with Crippen LogP contribution in [0, 0.1) is 6.92 Å². The molecule has 0 spiro atoms. The molecule has 0 unspecified atom stereocenters. The average Bonchev–Trinajstić information content (AvgIpc) is 3.24. The Kier molecular flexibility index (Phi) is 7.85. The van der Waals surface area contributed by atoms with Crippen LogP contribution >= 0.6 is 23.7 Å². The number of hydrogen-bond donors (Lipinski definition) is 2. The first-order valence-electron chi connectivity index (χ1n) is 9.75. The minimum absolute atomic E-state index is 0.0137. The fraction of sp³-hybridized carbons (Fsp3) is 0.286. The van der Waals surface area contributed by atoms with Crippen molar-refractivity contribution < 1.29 is 22.9 Å². The van der Waals surface area contributed by atoms with E-state index in [1.165, 1.54) is 30.2 Å². The minimum Gasteiger partial charge on any atom is -0.361 e. The van der Waals surface area contributed by atoms with Crippen molar-refractivity contribution >= 4 is 39.6 Å². The van der Waals surface area contributed by atoms with Gasteiger partial charge in [-0.05, 0) is 55.3 Å². The lowest BCUT2D eigenvalue weighted by Gasteiger charge is -2.33. The monoisotopic (exact) mass is 508 g/mol. The number of nitrogens with one attached hydrogen (secondary N) is 1. The number of hydrogen-bond acceptors (Lipinski definition) is 9. The first kappa shape index (κ1) is 25.2. The van der Waals surface area contributed by atoms with Gasteiger partial charge in [0.15, 0.2) is 0 Å². The highest BCUT2D eigenvalue weighted by molar-refractivity contribution is 7.99. The molecular weight excluding hydrogens is 484 g/mol. The normalized spacial score (nSPS) is 13.0. The van der Waals surface area contributed by atoms with Crippen LogP contribution in [0.1, 0.15) is 25.3 Å². The maximum atomic E-state index is 13.2. The summed E-state index contributed by atoms with van der Waals surface area (Å²) >= 11 is 2.22. The molecule has 0 bridgehead atoms. The summed E-state index contributed by atoms with van der Waals surface area (Å²) in [5.41, 5.74) is -0.755. The van der Waals surface area contributed by atoms with E-state index >= 15 is 0 Å². The van der Waals surface area contributed by atoms with E-state index in [-0.39, 0.29) is 4.90 Å². The van der Waals surface area contributed by atoms with Gasteiger partial charge in [-0.1, -0.05) is 30.8 Å². The van der Waals surface area contributed by atoms with Crippen molar-refractivity contribution in [3.63, 3.8) is 0 Å². The number of sulfonamides is 1. The van der Waals surface area contributed by atoms with Crippen molar-refractivity contribution in [2.75, 3.05) is 6.26 Å². The third kappa shape index (κ3) is 5.95. The molecule has 0 radical (unpaired) electrons. The summed E-state index contributed by atoms with van der Waals surface area (Å²) in [7, 11) is -4.12. The van der Waals surface area contributed by atoms with Gasteiger partial charge in [-0.3, -0.25) is 15.0 Å². The lowest BCUT2D eigenvalue weighted by atomic mass is 9.81. The molecule has 0 saturated carbocycles. The van der Waals surface area contributed by atoms with Gasteiger partial charge in [0, 0.05) is 39.9 Å². The summed E-state index contributed by atoms with van der Waals surface area (Å²) in [5, 5.41) is 14.0. The Balaban J connectivity index is 1.88. The van der Waals surface area contributed by atoms with E-state index in [0.717, 1.165) is 21.7 Å². The standard InChI is InChI=1S/C21H24N4O5S3/c1-14-13-18(23-30-14)21(2,3)19(20(26)25(27)31-4)24-33(28,29)17-7-5-15(6-8-17)32-16-9-11-22-12-10-16/h5-13,19,24,27H,1-4H3/t19-/m1/s1. The van der Waals surface area contributed by atoms with Gasteiger partial charge in [0.05, 0.1) is 10.6 Å². The molecule has 0 fully saturated rings. The van der Waals surface area contributed by atoms with Crippen LogP contribution in [-0.2, 0) is 20.2 Å². The van der Waals surface area contributed by atoms with E-state index in [9.17, 15) is 18.4 Å². The van der Waals surface area contributed by atoms with Crippen molar-refractivity contribution in [2.45, 2.75) is 46.9 Å². The number of benzene rings is 1. The molecule has 2 heterocycles. The Bertz CT molecular complexity index is 1200. The van der Waals surface area contributed by atoms with Gasteiger partial charge in [-0.15, -0.1) is 0 Å². The predicted octanol–water partition coefficient (Wildman–Crippen LogP) is 3.65. The second kappa shape index (κ2) is 10.3. The topological polar surface area (TPSA) is 126 Å². The fourth-order valence-electron chi connectivity index (χ4n) is 2.98. The van der Waals surface area contributed by atoms with Gasteiger partial charge in [0.2, 0.25) is 10.0 Å². The number of carbonyl (C=O) groups excluding carboxylic acids is 1. The Hall–Kier alpha value is -2.38. The zero-order valence-corrected chi connectivity index (χ0v) is 20.9. The molecule has 1 aromatic carbocycles. The number of amides is 1. The molecular formula is C21H24N4O5S3. The minimum atomic E-state index is -4.12. The molecule has 2 aromatic heterocycles. The lowest BCUT2D eigenvalue weighted by molar-refractivity contribution is -0.148. The Morgan fingerprint density at radius 2 is 1.76 bits per heavy atom. The maximum absolute atomic E-state index is 13.2. The zero-order valence-electron chi connectivity index (χ0n) is 18.4. The largest absolute Gasteiger partial charge is 0.361 e. The van der Waals surface area contributed by atoms with E-state index in [4.69, 9.17) is 4.52 Å². The van der Waals surface area contributed by atoms with Crippen LogP contribution in [0.4, 0.5) is 0 Å². The molecule has 1 amide bonds. The Morgan fingerprint density at radius 1 is 1.15 bits per heavy atom. The number of aromatic nitrogens is 2. The maximum Gasteiger partial charge on any atom is 0.275 e. The van der Waals surface area contributed by atoms with Crippen LogP contribution in [0.25, 0.3) is 0 Å². The van der Waals surface area contributed by atoms with Crippen LogP contribution < -0.4 is 4.72 Å². The summed E-state index contributed by atoms with van der Waals surface area (Å²) in [4.78, 5) is 18.7. The van der Waals surface area contributed by atoms with Crippen molar-refractivity contribution in [2.24, 2.45) is 0 Å². The average molecular weight is 509 g/mol. The highest BCUT2D eigenvalue weighted by atomic mass is 32.2. The van der Waals surface area contributed by atoms with Crippen LogP contribution in [-0.4, -0.2) is 46.4 Å². The number of pyridine rings is 1. The van der Waals surface area contributed by atoms with Crippen LogP contribution in [0.3, 0.4) is 0 Å². The predicted molar refractivity (Wildman–Crippen MR) is 125 cm³/mol. The fourth-order valence-corrected chi connectivity index (χ4v) is 5.40. The molecule has 3 rings (SSSR count). The molecule has 33 heavy (non-hydrogen) atoms. The molecule has 1 atom stereocenters. The summed E-state index contributed by atoms with van der Waals surface area (Å²) in [6.07, 6.45) is 4.86. The van der Waals surface area contributed by atoms with Crippen molar-refractivity contribution in [1.82, 2.24) is 19.3 Å². The van der Waals surface area contributed by atoms with Crippen molar-refractivity contribution in [1.29, 1.82) is 0 Å². The summed E-state index contributed by atoms with van der Waals surface area (Å²) in [6, 6.07) is 10.3. The number of carbonyl (C=O) groups is 1. The third-order valence-electron chi connectivity index (χ3n) is 4.91. The van der Waals surface area contributed by atoms with Gasteiger partial charge in [0.1, 0.15) is 11.8 Å². The quantitative estimate of drug-likeness (QED) is 0.253. The van der Waals surface area contributed by atoms with Crippen molar-refractivity contribution in [3.05, 3.63) is 66.3 Å². The summed E-state index contributed by atoms with van der Waals surface area (Å²) < 4.78 is 34.3. The smallest absolute Gasteiger partial charge is 0.275 e. The Labute approximate surface area is 201 Å². The van der Waals surface area contributed by atoms with Gasteiger partial charge in [-0.25, -0.2) is 8.42 Å². The van der Waals surface area contributed by atoms with E-state index in [2.05, 4.69) is 14.9 Å². The highest BCUT2D eigenvalue weighted by Gasteiger charge is 2.43. The SMILES string of the molecule is CSN(O)C(=O)[C@@H](NS(=O)(=O)c1ccc(Sc2ccncc2)cc1)C(C)(C)c1cc(C)on1. The van der Waals surface area contributed by atoms with Gasteiger partial charge in [-0.2, -0.15) is 9.19 Å². The molecule has 9 nitrogen and oxygen atoms in total. The number of hydroxylamine groups is 1. The van der Waals surface area contributed by atoms with E-state index in [1.807, 2.05) is 12.1 Å². The van der Waals surface area contributed by atoms with E-state index in [0.29, 0.717) is 15.9 Å². The Morgan fingerprint density at radius 3 is 2.30 bits per heavy atom. The molecule has 0 aliphatic heterocycles. The molecule has 0 saturated heterocycles. The molecule has 0 aliphatic carbocycles. The van der Waals surface area contributed by atoms with E-state index in [1.54, 1.807) is 51.4 Å². The zero-order chi connectivity index (χ0) is 24.2. The second-order valence-corrected chi connectivity index (χ2v) is 11.2. The molecule has 12 heteroatoms. The second-order valence-electron chi connectivity index (χ2n) is 7.65. The van der Waals surface area contributed by atoms with Gasteiger partial charge < -0.3 is 4.52 Å². The van der Waals surface area contributed by atoms with Crippen LogP contribution in [0.15, 0.2) is 74.1 Å².